The molecular formula is C10H9ClFNO3. The highest BCUT2D eigenvalue weighted by Gasteiger charge is 2.25. The van der Waals surface area contributed by atoms with E-state index in [-0.39, 0.29) is 35.5 Å². The minimum absolute atomic E-state index is 0.0157. The van der Waals surface area contributed by atoms with Gasteiger partial charge in [0, 0.05) is 0 Å². The van der Waals surface area contributed by atoms with Crippen LogP contribution in [0.15, 0.2) is 6.07 Å². The summed E-state index contributed by atoms with van der Waals surface area (Å²) in [7, 11) is 1.60. The van der Waals surface area contributed by atoms with Crippen LogP contribution in [0.4, 0.5) is 4.39 Å². The van der Waals surface area contributed by atoms with Crippen molar-refractivity contribution in [2.45, 2.75) is 0 Å². The fraction of sp³-hybridized carbons (Fsp3) is 0.300. The number of carbonyl (C=O) groups is 1. The number of Topliss-reactive ketones (excluding diaryl/α,β-unsaturated/α-hetero) is 1. The molecular weight excluding hydrogens is 237 g/mol. The monoisotopic (exact) mass is 245 g/mol. The summed E-state index contributed by atoms with van der Waals surface area (Å²) in [5.74, 6) is -0.711. The molecule has 1 heterocycles. The van der Waals surface area contributed by atoms with Gasteiger partial charge in [-0.3, -0.25) is 4.79 Å². The summed E-state index contributed by atoms with van der Waals surface area (Å²) in [6.07, 6.45) is 0. The van der Waals surface area contributed by atoms with Crippen molar-refractivity contribution in [1.82, 2.24) is 5.32 Å². The number of ketones is 1. The highest BCUT2D eigenvalue weighted by Crippen LogP contribution is 2.41. The Labute approximate surface area is 96.3 Å². The van der Waals surface area contributed by atoms with Crippen LogP contribution in [0.1, 0.15) is 10.4 Å². The van der Waals surface area contributed by atoms with Crippen LogP contribution < -0.4 is 14.8 Å². The van der Waals surface area contributed by atoms with Gasteiger partial charge in [-0.15, -0.1) is 0 Å². The lowest BCUT2D eigenvalue weighted by atomic mass is 10.1. The molecule has 0 amide bonds. The van der Waals surface area contributed by atoms with E-state index in [2.05, 4.69) is 5.32 Å². The SMILES string of the molecule is CNCC(=O)c1cc2c(c(Cl)c1F)OCO2. The van der Waals surface area contributed by atoms with Crippen molar-refractivity contribution in [3.05, 3.63) is 22.5 Å². The standard InChI is InChI=1S/C10H9ClFNO3/c1-13-3-6(14)5-2-7-10(16-4-15-7)8(11)9(5)12/h2,13H,3-4H2,1H3. The Kier molecular flexibility index (Phi) is 2.98. The van der Waals surface area contributed by atoms with Crippen molar-refractivity contribution in [3.8, 4) is 11.5 Å². The second-order valence-electron chi connectivity index (χ2n) is 3.24. The van der Waals surface area contributed by atoms with Gasteiger partial charge in [-0.25, -0.2) is 4.39 Å². The van der Waals surface area contributed by atoms with Crippen LogP contribution in [-0.2, 0) is 0 Å². The van der Waals surface area contributed by atoms with Gasteiger partial charge in [0.05, 0.1) is 12.1 Å². The zero-order chi connectivity index (χ0) is 11.7. The van der Waals surface area contributed by atoms with Crippen molar-refractivity contribution in [2.75, 3.05) is 20.4 Å². The Morgan fingerprint density at radius 2 is 2.38 bits per heavy atom. The molecule has 0 saturated heterocycles. The van der Waals surface area contributed by atoms with Crippen LogP contribution in [0.3, 0.4) is 0 Å². The fourth-order valence-corrected chi connectivity index (χ4v) is 1.69. The maximum Gasteiger partial charge on any atom is 0.231 e. The number of halogens is 2. The highest BCUT2D eigenvalue weighted by atomic mass is 35.5. The van der Waals surface area contributed by atoms with Crippen LogP contribution in [0, 0.1) is 5.82 Å². The molecule has 1 aromatic rings. The Hall–Kier alpha value is -1.33. The number of ether oxygens (including phenoxy) is 2. The average molecular weight is 246 g/mol. The van der Waals surface area contributed by atoms with Gasteiger partial charge < -0.3 is 14.8 Å². The highest BCUT2D eigenvalue weighted by molar-refractivity contribution is 6.33. The van der Waals surface area contributed by atoms with E-state index in [1.54, 1.807) is 7.05 Å². The number of hydrogen-bond acceptors (Lipinski definition) is 4. The summed E-state index contributed by atoms with van der Waals surface area (Å²) in [4.78, 5) is 11.6. The number of fused-ring (bicyclic) bond motifs is 1. The molecule has 0 fully saturated rings. The predicted octanol–water partition coefficient (Wildman–Crippen LogP) is 1.61. The predicted molar refractivity (Wildman–Crippen MR) is 55.8 cm³/mol. The number of carbonyl (C=O) groups excluding carboxylic acids is 1. The van der Waals surface area contributed by atoms with E-state index in [0.717, 1.165) is 0 Å². The third kappa shape index (κ3) is 1.72. The van der Waals surface area contributed by atoms with E-state index in [1.807, 2.05) is 0 Å². The number of nitrogens with one attached hydrogen (secondary N) is 1. The molecule has 0 spiro atoms. The zero-order valence-corrected chi connectivity index (χ0v) is 9.23. The van der Waals surface area contributed by atoms with Crippen LogP contribution in [-0.4, -0.2) is 26.2 Å². The van der Waals surface area contributed by atoms with E-state index in [4.69, 9.17) is 21.1 Å². The largest absolute Gasteiger partial charge is 0.454 e. The van der Waals surface area contributed by atoms with E-state index >= 15 is 0 Å². The van der Waals surface area contributed by atoms with Crippen molar-refractivity contribution in [3.63, 3.8) is 0 Å². The lowest BCUT2D eigenvalue weighted by Crippen LogP contribution is -2.19. The molecule has 1 aromatic carbocycles. The lowest BCUT2D eigenvalue weighted by Gasteiger charge is -2.06. The summed E-state index contributed by atoms with van der Waals surface area (Å²) in [6, 6.07) is 1.31. The molecule has 0 radical (unpaired) electrons. The molecule has 0 aromatic heterocycles. The summed E-state index contributed by atoms with van der Waals surface area (Å²) < 4.78 is 23.8. The minimum Gasteiger partial charge on any atom is -0.454 e. The number of rotatable bonds is 3. The minimum atomic E-state index is -0.772. The molecule has 0 aliphatic carbocycles. The molecule has 86 valence electrons. The van der Waals surface area contributed by atoms with Gasteiger partial charge in [-0.1, -0.05) is 11.6 Å². The van der Waals surface area contributed by atoms with E-state index in [9.17, 15) is 9.18 Å². The third-order valence-electron chi connectivity index (χ3n) is 2.18. The normalized spacial score (nSPS) is 12.9. The first-order valence-electron chi connectivity index (χ1n) is 4.60. The van der Waals surface area contributed by atoms with Crippen molar-refractivity contribution in [1.29, 1.82) is 0 Å². The van der Waals surface area contributed by atoms with Gasteiger partial charge in [-0.2, -0.15) is 0 Å². The first-order chi connectivity index (χ1) is 7.65. The maximum absolute atomic E-state index is 13.7. The third-order valence-corrected chi connectivity index (χ3v) is 2.52. The molecule has 1 N–H and O–H groups in total. The topological polar surface area (TPSA) is 47.6 Å². The molecule has 6 heteroatoms. The fourth-order valence-electron chi connectivity index (χ4n) is 1.44. The molecule has 4 nitrogen and oxygen atoms in total. The number of hydrogen-bond donors (Lipinski definition) is 1. The van der Waals surface area contributed by atoms with Gasteiger partial charge in [0.2, 0.25) is 6.79 Å². The molecule has 0 atom stereocenters. The number of likely N-dealkylation sites (N-methyl/N-ethyl adjacent to an activating group) is 1. The Morgan fingerprint density at radius 3 is 3.06 bits per heavy atom. The van der Waals surface area contributed by atoms with Crippen LogP contribution in [0.25, 0.3) is 0 Å². The maximum atomic E-state index is 13.7. The van der Waals surface area contributed by atoms with Crippen molar-refractivity contribution >= 4 is 17.4 Å². The van der Waals surface area contributed by atoms with Gasteiger partial charge in [0.1, 0.15) is 5.02 Å². The summed E-state index contributed by atoms with van der Waals surface area (Å²) in [5, 5.41) is 2.44. The second kappa shape index (κ2) is 4.27. The van der Waals surface area contributed by atoms with E-state index in [1.165, 1.54) is 6.07 Å². The molecule has 2 rings (SSSR count). The second-order valence-corrected chi connectivity index (χ2v) is 3.62. The van der Waals surface area contributed by atoms with Crippen LogP contribution >= 0.6 is 11.6 Å². The quantitative estimate of drug-likeness (QED) is 0.822. The zero-order valence-electron chi connectivity index (χ0n) is 8.47. The number of benzene rings is 1. The average Bonchev–Trinajstić information content (AvgIpc) is 2.71. The molecule has 0 unspecified atom stereocenters. The van der Waals surface area contributed by atoms with Gasteiger partial charge in [0.25, 0.3) is 0 Å². The van der Waals surface area contributed by atoms with Crippen LogP contribution in [0.2, 0.25) is 5.02 Å². The molecule has 0 saturated carbocycles. The Bertz CT molecular complexity index is 450. The van der Waals surface area contributed by atoms with Gasteiger partial charge in [0.15, 0.2) is 23.1 Å². The van der Waals surface area contributed by atoms with Crippen molar-refractivity contribution < 1.29 is 18.7 Å². The summed E-state index contributed by atoms with van der Waals surface area (Å²) in [6.45, 7) is 0.0189. The Morgan fingerprint density at radius 1 is 1.62 bits per heavy atom. The van der Waals surface area contributed by atoms with E-state index in [0.29, 0.717) is 5.75 Å². The first-order valence-corrected chi connectivity index (χ1v) is 4.98. The van der Waals surface area contributed by atoms with E-state index < -0.39 is 5.82 Å². The molecule has 1 aliphatic rings. The Balaban J connectivity index is 2.47. The van der Waals surface area contributed by atoms with Gasteiger partial charge >= 0.3 is 0 Å². The first kappa shape index (κ1) is 11.2. The molecule has 16 heavy (non-hydrogen) atoms. The molecule has 1 aliphatic heterocycles. The molecule has 0 bridgehead atoms. The van der Waals surface area contributed by atoms with Crippen molar-refractivity contribution in [2.24, 2.45) is 0 Å². The van der Waals surface area contributed by atoms with Crippen LogP contribution in [0.5, 0.6) is 11.5 Å². The summed E-state index contributed by atoms with van der Waals surface area (Å²) in [5.41, 5.74) is -0.0939. The lowest BCUT2D eigenvalue weighted by molar-refractivity contribution is 0.0989. The smallest absolute Gasteiger partial charge is 0.231 e. The van der Waals surface area contributed by atoms with Gasteiger partial charge in [-0.05, 0) is 13.1 Å². The summed E-state index contributed by atoms with van der Waals surface area (Å²) >= 11 is 5.74.